The van der Waals surface area contributed by atoms with Gasteiger partial charge in [0.15, 0.2) is 5.69 Å². The molecule has 0 amide bonds. The molecule has 0 saturated carbocycles. The van der Waals surface area contributed by atoms with Gasteiger partial charge in [0.25, 0.3) is 0 Å². The summed E-state index contributed by atoms with van der Waals surface area (Å²) in [5, 5.41) is 14.6. The van der Waals surface area contributed by atoms with Gasteiger partial charge in [-0.25, -0.2) is 9.67 Å². The smallest absolute Gasteiger partial charge is 0.435 e. The average molecular weight is 443 g/mol. The van der Waals surface area contributed by atoms with Crippen LogP contribution in [0.3, 0.4) is 0 Å². The summed E-state index contributed by atoms with van der Waals surface area (Å²) >= 11 is 5.74. The first-order chi connectivity index (χ1) is 14.1. The normalized spacial score (nSPS) is 11.5. The van der Waals surface area contributed by atoms with E-state index in [1.807, 2.05) is 0 Å². The van der Waals surface area contributed by atoms with Crippen molar-refractivity contribution in [2.24, 2.45) is 0 Å². The summed E-state index contributed by atoms with van der Waals surface area (Å²) in [7, 11) is 0. The summed E-state index contributed by atoms with van der Waals surface area (Å²) < 4.78 is 45.2. The van der Waals surface area contributed by atoms with Crippen molar-refractivity contribution in [3.05, 3.63) is 62.7 Å². The number of ether oxygens (including phenoxy) is 1. The largest absolute Gasteiger partial charge is 0.478 e. The molecule has 3 rings (SSSR count). The van der Waals surface area contributed by atoms with E-state index >= 15 is 0 Å². The molecule has 2 heterocycles. The zero-order valence-corrected chi connectivity index (χ0v) is 16.1. The maximum absolute atomic E-state index is 13.0. The first kappa shape index (κ1) is 21.3. The van der Waals surface area contributed by atoms with Crippen LogP contribution in [0.1, 0.15) is 23.9 Å². The number of benzene rings is 1. The molecule has 0 radical (unpaired) electrons. The van der Waals surface area contributed by atoms with Crippen LogP contribution in [0.2, 0.25) is 5.28 Å². The molecule has 158 valence electrons. The van der Waals surface area contributed by atoms with E-state index in [0.717, 1.165) is 10.7 Å². The van der Waals surface area contributed by atoms with Gasteiger partial charge in [0, 0.05) is 12.5 Å². The molecule has 0 fully saturated rings. The highest BCUT2D eigenvalue weighted by Gasteiger charge is 2.35. The van der Waals surface area contributed by atoms with Crippen LogP contribution in [0.15, 0.2) is 30.3 Å². The Kier molecular flexibility index (Phi) is 5.78. The molecule has 0 aliphatic rings. The lowest BCUT2D eigenvalue weighted by atomic mass is 10.1. The highest BCUT2D eigenvalue weighted by atomic mass is 35.5. The minimum absolute atomic E-state index is 0.00819. The van der Waals surface area contributed by atoms with E-state index in [4.69, 9.17) is 22.1 Å². The lowest BCUT2D eigenvalue weighted by Gasteiger charge is -2.09. The standard InChI is InChI=1S/C17H14ClF3N6O3/c1-2-30-13-8-12(17(19,20)21)25-26(13)10-5-3-9(4-6-10)7-11-14(27(28)29)15(22)24-16(18)23-11/h3-6,8H,2,7H2,1H3,(H2,22,23,24). The quantitative estimate of drug-likeness (QED) is 0.350. The maximum atomic E-state index is 13.0. The van der Waals surface area contributed by atoms with E-state index in [9.17, 15) is 23.3 Å². The molecule has 0 aliphatic heterocycles. The third-order valence-electron chi connectivity index (χ3n) is 3.95. The first-order valence-corrected chi connectivity index (χ1v) is 8.83. The fourth-order valence-electron chi connectivity index (χ4n) is 2.70. The van der Waals surface area contributed by atoms with Crippen molar-refractivity contribution >= 4 is 23.1 Å². The number of aromatic nitrogens is 4. The Labute approximate surface area is 172 Å². The van der Waals surface area contributed by atoms with Crippen molar-refractivity contribution in [3.8, 4) is 11.6 Å². The van der Waals surface area contributed by atoms with Crippen molar-refractivity contribution in [1.82, 2.24) is 19.7 Å². The summed E-state index contributed by atoms with van der Waals surface area (Å²) in [6, 6.07) is 6.95. The number of anilines is 1. The number of halogens is 4. The minimum atomic E-state index is -4.62. The zero-order valence-electron chi connectivity index (χ0n) is 15.4. The van der Waals surface area contributed by atoms with Gasteiger partial charge in [-0.2, -0.15) is 23.3 Å². The predicted molar refractivity (Wildman–Crippen MR) is 101 cm³/mol. The molecule has 13 heteroatoms. The van der Waals surface area contributed by atoms with E-state index in [0.29, 0.717) is 11.3 Å². The third-order valence-corrected chi connectivity index (χ3v) is 4.12. The summed E-state index contributed by atoms with van der Waals surface area (Å²) in [4.78, 5) is 18.0. The molecule has 2 N–H and O–H groups in total. The summed E-state index contributed by atoms with van der Waals surface area (Å²) in [6.07, 6.45) is -4.61. The molecule has 2 aromatic heterocycles. The molecule has 3 aromatic rings. The van der Waals surface area contributed by atoms with Gasteiger partial charge in [-0.1, -0.05) is 12.1 Å². The number of hydrogen-bond acceptors (Lipinski definition) is 7. The van der Waals surface area contributed by atoms with Crippen molar-refractivity contribution in [2.75, 3.05) is 12.3 Å². The summed E-state index contributed by atoms with van der Waals surface area (Å²) in [5.41, 5.74) is 4.93. The third kappa shape index (κ3) is 4.43. The molecular weight excluding hydrogens is 429 g/mol. The fraction of sp³-hybridized carbons (Fsp3) is 0.235. The lowest BCUT2D eigenvalue weighted by Crippen LogP contribution is -2.08. The second-order valence-electron chi connectivity index (χ2n) is 5.98. The van der Waals surface area contributed by atoms with E-state index in [1.54, 1.807) is 19.1 Å². The van der Waals surface area contributed by atoms with Crippen LogP contribution in [0.25, 0.3) is 5.69 Å². The number of hydrogen-bond donors (Lipinski definition) is 1. The topological polar surface area (TPSA) is 122 Å². The number of nitro groups is 1. The van der Waals surface area contributed by atoms with Crippen LogP contribution in [0, 0.1) is 10.1 Å². The molecular formula is C17H14ClF3N6O3. The van der Waals surface area contributed by atoms with Gasteiger partial charge in [-0.05, 0) is 36.2 Å². The van der Waals surface area contributed by atoms with Gasteiger partial charge < -0.3 is 10.5 Å². The van der Waals surface area contributed by atoms with Crippen LogP contribution in [-0.2, 0) is 12.6 Å². The number of rotatable bonds is 6. The lowest BCUT2D eigenvalue weighted by molar-refractivity contribution is -0.385. The molecule has 0 unspecified atom stereocenters. The minimum Gasteiger partial charge on any atom is -0.478 e. The van der Waals surface area contributed by atoms with Crippen molar-refractivity contribution in [2.45, 2.75) is 19.5 Å². The van der Waals surface area contributed by atoms with Crippen LogP contribution in [-0.4, -0.2) is 31.3 Å². The molecule has 1 aromatic carbocycles. The van der Waals surface area contributed by atoms with E-state index in [1.165, 1.54) is 12.1 Å². The van der Waals surface area contributed by atoms with Gasteiger partial charge in [0.1, 0.15) is 5.69 Å². The highest BCUT2D eigenvalue weighted by Crippen LogP contribution is 2.32. The Morgan fingerprint density at radius 1 is 1.27 bits per heavy atom. The average Bonchev–Trinajstić information content (AvgIpc) is 3.06. The van der Waals surface area contributed by atoms with Crippen molar-refractivity contribution in [1.29, 1.82) is 0 Å². The van der Waals surface area contributed by atoms with Crippen LogP contribution in [0.5, 0.6) is 5.88 Å². The molecule has 0 saturated heterocycles. The SMILES string of the molecule is CCOc1cc(C(F)(F)F)nn1-c1ccc(Cc2nc(Cl)nc(N)c2[N+](=O)[O-])cc1. The zero-order chi connectivity index (χ0) is 22.1. The van der Waals surface area contributed by atoms with Crippen LogP contribution >= 0.6 is 11.6 Å². The number of alkyl halides is 3. The van der Waals surface area contributed by atoms with Crippen LogP contribution in [0.4, 0.5) is 24.7 Å². The molecule has 9 nitrogen and oxygen atoms in total. The number of nitrogen functional groups attached to an aromatic ring is 1. The van der Waals surface area contributed by atoms with Gasteiger partial charge >= 0.3 is 11.9 Å². The number of nitrogens with zero attached hydrogens (tertiary/aromatic N) is 5. The number of nitrogens with two attached hydrogens (primary N) is 1. The van der Waals surface area contributed by atoms with E-state index in [-0.39, 0.29) is 35.7 Å². The Morgan fingerprint density at radius 3 is 2.50 bits per heavy atom. The molecule has 0 spiro atoms. The van der Waals surface area contributed by atoms with Gasteiger partial charge in [-0.3, -0.25) is 10.1 Å². The monoisotopic (exact) mass is 442 g/mol. The van der Waals surface area contributed by atoms with Crippen LogP contribution < -0.4 is 10.5 Å². The maximum Gasteiger partial charge on any atom is 0.435 e. The molecule has 0 aliphatic carbocycles. The molecule has 30 heavy (non-hydrogen) atoms. The Bertz CT molecular complexity index is 1090. The van der Waals surface area contributed by atoms with Gasteiger partial charge in [0.05, 0.1) is 17.2 Å². The summed E-state index contributed by atoms with van der Waals surface area (Å²) in [5.74, 6) is -0.423. The Hall–Kier alpha value is -3.41. The van der Waals surface area contributed by atoms with Crippen molar-refractivity contribution in [3.63, 3.8) is 0 Å². The second kappa shape index (κ2) is 8.14. The molecule has 0 bridgehead atoms. The first-order valence-electron chi connectivity index (χ1n) is 8.45. The van der Waals surface area contributed by atoms with Gasteiger partial charge in [-0.15, -0.1) is 0 Å². The predicted octanol–water partition coefficient (Wildman–Crippen LogP) is 3.81. The van der Waals surface area contributed by atoms with Crippen molar-refractivity contribution < 1.29 is 22.8 Å². The highest BCUT2D eigenvalue weighted by molar-refractivity contribution is 6.28. The summed E-state index contributed by atoms with van der Waals surface area (Å²) in [6.45, 7) is 1.79. The Morgan fingerprint density at radius 2 is 1.93 bits per heavy atom. The van der Waals surface area contributed by atoms with Gasteiger partial charge in [0.2, 0.25) is 17.0 Å². The second-order valence-corrected chi connectivity index (χ2v) is 6.32. The van der Waals surface area contributed by atoms with E-state index < -0.39 is 22.5 Å². The molecule has 0 atom stereocenters. The Balaban J connectivity index is 1.94. The van der Waals surface area contributed by atoms with E-state index in [2.05, 4.69) is 15.1 Å². The fourth-order valence-corrected chi connectivity index (χ4v) is 2.89.